The highest BCUT2D eigenvalue weighted by Gasteiger charge is 2.17. The molecule has 22 heavy (non-hydrogen) atoms. The third-order valence-corrected chi connectivity index (χ3v) is 3.95. The molecule has 0 aliphatic carbocycles. The van der Waals surface area contributed by atoms with Crippen LogP contribution in [0.5, 0.6) is 5.75 Å². The highest BCUT2D eigenvalue weighted by atomic mass is 32.1. The largest absolute Gasteiger partial charge is 0.494 e. The summed E-state index contributed by atoms with van der Waals surface area (Å²) in [6.07, 6.45) is 0. The molecule has 1 amide bonds. The van der Waals surface area contributed by atoms with Crippen molar-refractivity contribution in [3.63, 3.8) is 0 Å². The number of amides is 1. The first-order valence-corrected chi connectivity index (χ1v) is 7.10. The molecule has 1 N–H and O–H groups in total. The van der Waals surface area contributed by atoms with Gasteiger partial charge in [0.25, 0.3) is 5.91 Å². The molecule has 0 spiro atoms. The molecule has 0 unspecified atom stereocenters. The van der Waals surface area contributed by atoms with Crippen LogP contribution >= 0.6 is 11.3 Å². The molecule has 0 radical (unpaired) electrons. The minimum Gasteiger partial charge on any atom is -0.494 e. The van der Waals surface area contributed by atoms with Crippen LogP contribution in [-0.4, -0.2) is 18.0 Å². The van der Waals surface area contributed by atoms with Crippen LogP contribution in [0, 0.1) is 11.6 Å². The van der Waals surface area contributed by atoms with Gasteiger partial charge in [-0.25, -0.2) is 13.8 Å². The molecule has 7 heteroatoms. The molecule has 1 heterocycles. The van der Waals surface area contributed by atoms with Gasteiger partial charge in [-0.05, 0) is 24.3 Å². The Kier molecular flexibility index (Phi) is 3.72. The highest BCUT2D eigenvalue weighted by Crippen LogP contribution is 2.32. The van der Waals surface area contributed by atoms with Crippen molar-refractivity contribution in [3.05, 3.63) is 53.6 Å². The maximum atomic E-state index is 13.6. The number of nitrogens with one attached hydrogen (secondary N) is 1. The molecule has 0 aliphatic heterocycles. The van der Waals surface area contributed by atoms with Crippen LogP contribution in [-0.2, 0) is 0 Å². The van der Waals surface area contributed by atoms with Crippen LogP contribution in [0.25, 0.3) is 10.2 Å². The highest BCUT2D eigenvalue weighted by molar-refractivity contribution is 7.22. The van der Waals surface area contributed by atoms with E-state index in [0.717, 1.165) is 10.8 Å². The summed E-state index contributed by atoms with van der Waals surface area (Å²) in [5, 5.41) is 2.76. The minimum atomic E-state index is -1.18. The first-order valence-electron chi connectivity index (χ1n) is 6.29. The Balaban J connectivity index is 1.93. The van der Waals surface area contributed by atoms with Crippen LogP contribution in [0.4, 0.5) is 13.9 Å². The molecule has 0 fully saturated rings. The number of benzene rings is 2. The molecule has 0 aliphatic rings. The Morgan fingerprint density at radius 3 is 2.77 bits per heavy atom. The number of thiazole rings is 1. The zero-order valence-electron chi connectivity index (χ0n) is 11.4. The van der Waals surface area contributed by atoms with E-state index in [0.29, 0.717) is 11.3 Å². The number of ether oxygens (including phenoxy) is 1. The van der Waals surface area contributed by atoms with Crippen molar-refractivity contribution in [1.29, 1.82) is 0 Å². The number of halogens is 2. The van der Waals surface area contributed by atoms with Crippen molar-refractivity contribution in [2.24, 2.45) is 0 Å². The fourth-order valence-corrected chi connectivity index (χ4v) is 2.86. The summed E-state index contributed by atoms with van der Waals surface area (Å²) in [7, 11) is 1.52. The van der Waals surface area contributed by atoms with E-state index < -0.39 is 17.5 Å². The number of para-hydroxylation sites is 1. The summed E-state index contributed by atoms with van der Waals surface area (Å²) in [6, 6.07) is 8.82. The van der Waals surface area contributed by atoms with Crippen LogP contribution < -0.4 is 10.1 Å². The first kappa shape index (κ1) is 14.4. The molecule has 0 saturated heterocycles. The molecule has 0 bridgehead atoms. The molecular weight excluding hydrogens is 310 g/mol. The van der Waals surface area contributed by atoms with E-state index in [9.17, 15) is 13.6 Å². The summed E-state index contributed by atoms with van der Waals surface area (Å²) >= 11 is 1.22. The second-order valence-electron chi connectivity index (χ2n) is 4.38. The number of aromatic nitrogens is 1. The standard InChI is InChI=1S/C15H10F2N2O2S/c1-21-10-6-3-7-11-13(10)18-15(22-11)19-14(20)8-4-2-5-9(16)12(8)17/h2-7H,1H3,(H,18,19,20). The third-order valence-electron chi connectivity index (χ3n) is 3.02. The predicted octanol–water partition coefficient (Wildman–Crippen LogP) is 3.84. The number of carbonyl (C=O) groups is 1. The summed E-state index contributed by atoms with van der Waals surface area (Å²) in [6.45, 7) is 0. The van der Waals surface area contributed by atoms with E-state index in [1.54, 1.807) is 12.1 Å². The topological polar surface area (TPSA) is 51.2 Å². The van der Waals surface area contributed by atoms with E-state index in [2.05, 4.69) is 10.3 Å². The lowest BCUT2D eigenvalue weighted by molar-refractivity contribution is 0.102. The molecular formula is C15H10F2N2O2S. The van der Waals surface area contributed by atoms with Gasteiger partial charge in [-0.2, -0.15) is 0 Å². The second kappa shape index (κ2) is 5.69. The lowest BCUT2D eigenvalue weighted by Crippen LogP contribution is -2.14. The number of methoxy groups -OCH3 is 1. The van der Waals surface area contributed by atoms with E-state index >= 15 is 0 Å². The van der Waals surface area contributed by atoms with Crippen LogP contribution in [0.3, 0.4) is 0 Å². The molecule has 3 rings (SSSR count). The average molecular weight is 320 g/mol. The van der Waals surface area contributed by atoms with Gasteiger partial charge in [0.05, 0.1) is 17.4 Å². The van der Waals surface area contributed by atoms with Gasteiger partial charge in [0.15, 0.2) is 16.8 Å². The summed E-state index contributed by atoms with van der Waals surface area (Å²) in [5.41, 5.74) is 0.233. The zero-order valence-corrected chi connectivity index (χ0v) is 12.2. The van der Waals surface area contributed by atoms with Gasteiger partial charge in [0.1, 0.15) is 11.3 Å². The molecule has 1 aromatic heterocycles. The normalized spacial score (nSPS) is 10.7. The summed E-state index contributed by atoms with van der Waals surface area (Å²) in [4.78, 5) is 16.3. The van der Waals surface area contributed by atoms with Gasteiger partial charge in [0, 0.05) is 0 Å². The van der Waals surface area contributed by atoms with E-state index in [1.807, 2.05) is 6.07 Å². The SMILES string of the molecule is COc1cccc2sc(NC(=O)c3cccc(F)c3F)nc12. The molecule has 4 nitrogen and oxygen atoms in total. The lowest BCUT2D eigenvalue weighted by atomic mass is 10.2. The Morgan fingerprint density at radius 1 is 1.23 bits per heavy atom. The third kappa shape index (κ3) is 2.50. The monoisotopic (exact) mass is 320 g/mol. The zero-order chi connectivity index (χ0) is 15.7. The van der Waals surface area contributed by atoms with Gasteiger partial charge >= 0.3 is 0 Å². The van der Waals surface area contributed by atoms with Gasteiger partial charge in [-0.1, -0.05) is 23.5 Å². The summed E-state index contributed by atoms with van der Waals surface area (Å²) in [5.74, 6) is -2.43. The van der Waals surface area contributed by atoms with Crippen LogP contribution in [0.15, 0.2) is 36.4 Å². The fourth-order valence-electron chi connectivity index (χ4n) is 1.99. The van der Waals surface area contributed by atoms with Gasteiger partial charge in [0.2, 0.25) is 0 Å². The molecule has 2 aromatic carbocycles. The Bertz CT molecular complexity index is 864. The lowest BCUT2D eigenvalue weighted by Gasteiger charge is -2.03. The number of fused-ring (bicyclic) bond motifs is 1. The first-order chi connectivity index (χ1) is 10.6. The van der Waals surface area contributed by atoms with Crippen molar-refractivity contribution in [1.82, 2.24) is 4.98 Å². The van der Waals surface area contributed by atoms with E-state index in [4.69, 9.17) is 4.74 Å². The maximum absolute atomic E-state index is 13.6. The van der Waals surface area contributed by atoms with Crippen molar-refractivity contribution < 1.29 is 18.3 Å². The summed E-state index contributed by atoms with van der Waals surface area (Å²) < 4.78 is 32.8. The number of nitrogens with zero attached hydrogens (tertiary/aromatic N) is 1. The molecule has 0 atom stereocenters. The Morgan fingerprint density at radius 2 is 2.00 bits per heavy atom. The molecule has 112 valence electrons. The van der Waals surface area contributed by atoms with E-state index in [-0.39, 0.29) is 10.7 Å². The predicted molar refractivity (Wildman–Crippen MR) is 80.5 cm³/mol. The van der Waals surface area contributed by atoms with Gasteiger partial charge in [-0.15, -0.1) is 0 Å². The van der Waals surface area contributed by atoms with Crippen molar-refractivity contribution in [2.75, 3.05) is 12.4 Å². The fraction of sp³-hybridized carbons (Fsp3) is 0.0667. The van der Waals surface area contributed by atoms with Crippen LogP contribution in [0.1, 0.15) is 10.4 Å². The van der Waals surface area contributed by atoms with Crippen molar-refractivity contribution in [2.45, 2.75) is 0 Å². The second-order valence-corrected chi connectivity index (χ2v) is 5.41. The number of carbonyl (C=O) groups excluding carboxylic acids is 1. The molecule has 3 aromatic rings. The Hall–Kier alpha value is -2.54. The Labute approximate surface area is 128 Å². The average Bonchev–Trinajstić information content (AvgIpc) is 2.92. The molecule has 0 saturated carbocycles. The van der Waals surface area contributed by atoms with E-state index in [1.165, 1.54) is 30.6 Å². The van der Waals surface area contributed by atoms with Crippen molar-refractivity contribution >= 4 is 32.6 Å². The van der Waals surface area contributed by atoms with Gasteiger partial charge < -0.3 is 4.74 Å². The quantitative estimate of drug-likeness (QED) is 0.798. The number of hydrogen-bond acceptors (Lipinski definition) is 4. The number of hydrogen-bond donors (Lipinski definition) is 1. The minimum absolute atomic E-state index is 0.285. The van der Waals surface area contributed by atoms with Crippen molar-refractivity contribution in [3.8, 4) is 5.75 Å². The number of anilines is 1. The van der Waals surface area contributed by atoms with Crippen LogP contribution in [0.2, 0.25) is 0 Å². The maximum Gasteiger partial charge on any atom is 0.260 e. The number of rotatable bonds is 3. The van der Waals surface area contributed by atoms with Gasteiger partial charge in [-0.3, -0.25) is 10.1 Å². The smallest absolute Gasteiger partial charge is 0.260 e.